The number of nitrogens with zero attached hydrogens (tertiary/aromatic N) is 4. The van der Waals surface area contributed by atoms with Gasteiger partial charge in [-0.25, -0.2) is 4.79 Å². The molecule has 0 atom stereocenters. The number of amides is 2. The normalized spacial score (nSPS) is 13.8. The number of rotatable bonds is 6. The van der Waals surface area contributed by atoms with Crippen LogP contribution in [0.1, 0.15) is 42.0 Å². The second-order valence-electron chi connectivity index (χ2n) is 9.23. The van der Waals surface area contributed by atoms with E-state index in [2.05, 4.69) is 72.4 Å². The van der Waals surface area contributed by atoms with Crippen LogP contribution < -0.4 is 10.2 Å². The van der Waals surface area contributed by atoms with E-state index < -0.39 is 0 Å². The molecule has 1 fully saturated rings. The molecule has 6 heteroatoms. The van der Waals surface area contributed by atoms with Crippen molar-refractivity contribution in [2.45, 2.75) is 47.0 Å². The number of piperazine rings is 1. The highest BCUT2D eigenvalue weighted by molar-refractivity contribution is 5.89. The van der Waals surface area contributed by atoms with Gasteiger partial charge in [0.1, 0.15) is 0 Å². The summed E-state index contributed by atoms with van der Waals surface area (Å²) in [4.78, 5) is 16.8. The second-order valence-corrected chi connectivity index (χ2v) is 9.23. The van der Waals surface area contributed by atoms with Gasteiger partial charge in [0.2, 0.25) is 0 Å². The molecule has 2 amide bonds. The maximum Gasteiger partial charge on any atom is 0.321 e. The smallest absolute Gasteiger partial charge is 0.321 e. The molecule has 3 aromatic rings. The van der Waals surface area contributed by atoms with E-state index in [-0.39, 0.29) is 6.03 Å². The van der Waals surface area contributed by atoms with Gasteiger partial charge in [0.25, 0.3) is 0 Å². The number of nitrogens with one attached hydrogen (secondary N) is 1. The van der Waals surface area contributed by atoms with Crippen LogP contribution in [0.5, 0.6) is 0 Å². The van der Waals surface area contributed by atoms with E-state index in [0.29, 0.717) is 13.1 Å². The molecule has 1 saturated heterocycles. The van der Waals surface area contributed by atoms with Gasteiger partial charge < -0.3 is 15.1 Å². The van der Waals surface area contributed by atoms with Crippen LogP contribution in [0, 0.1) is 20.8 Å². The molecular weight excluding hydrogens is 422 g/mol. The second kappa shape index (κ2) is 10.7. The lowest BCUT2D eigenvalue weighted by Crippen LogP contribution is -2.50. The van der Waals surface area contributed by atoms with Crippen molar-refractivity contribution in [2.24, 2.45) is 0 Å². The highest BCUT2D eigenvalue weighted by Gasteiger charge is 2.22. The Balaban J connectivity index is 1.32. The lowest BCUT2D eigenvalue weighted by Gasteiger charge is -2.35. The number of hydrogen-bond donors (Lipinski definition) is 1. The zero-order valence-corrected chi connectivity index (χ0v) is 20.8. The predicted octanol–water partition coefficient (Wildman–Crippen LogP) is 5.77. The molecule has 2 heterocycles. The summed E-state index contributed by atoms with van der Waals surface area (Å²) in [5.74, 6) is 0.855. The standard InChI is InChI=1S/C28H35N5O/c1-5-6-7-23-8-10-24(11-9-23)29-28(34)33-16-14-32(15-17-33)27-13-12-26(30-31-27)25-19-21(3)20(2)18-22(25)4/h8-13,18-19H,5-7,14-17H2,1-4H3,(H,29,34). The van der Waals surface area contributed by atoms with Gasteiger partial charge in [0.05, 0.1) is 5.69 Å². The summed E-state index contributed by atoms with van der Waals surface area (Å²) in [7, 11) is 0. The Morgan fingerprint density at radius 2 is 1.59 bits per heavy atom. The summed E-state index contributed by atoms with van der Waals surface area (Å²) in [6.07, 6.45) is 3.46. The van der Waals surface area contributed by atoms with E-state index in [0.717, 1.165) is 42.3 Å². The minimum Gasteiger partial charge on any atom is -0.352 e. The number of aryl methyl sites for hydroxylation is 4. The Morgan fingerprint density at radius 1 is 0.882 bits per heavy atom. The van der Waals surface area contributed by atoms with Gasteiger partial charge in [0.15, 0.2) is 5.82 Å². The molecule has 1 N–H and O–H groups in total. The highest BCUT2D eigenvalue weighted by Crippen LogP contribution is 2.25. The topological polar surface area (TPSA) is 61.4 Å². The highest BCUT2D eigenvalue weighted by atomic mass is 16.2. The van der Waals surface area contributed by atoms with E-state index in [4.69, 9.17) is 0 Å². The van der Waals surface area contributed by atoms with Crippen molar-refractivity contribution >= 4 is 17.5 Å². The first-order chi connectivity index (χ1) is 16.4. The summed E-state index contributed by atoms with van der Waals surface area (Å²) in [5, 5.41) is 12.0. The SMILES string of the molecule is CCCCc1ccc(NC(=O)N2CCN(c3ccc(-c4cc(C)c(C)cc4C)nn3)CC2)cc1. The maximum atomic E-state index is 12.7. The fraction of sp³-hybridized carbons (Fsp3) is 0.393. The van der Waals surface area contributed by atoms with Gasteiger partial charge >= 0.3 is 6.03 Å². The Hall–Kier alpha value is -3.41. The summed E-state index contributed by atoms with van der Waals surface area (Å²) < 4.78 is 0. The Kier molecular flexibility index (Phi) is 7.46. The molecule has 0 aliphatic carbocycles. The number of carbonyl (C=O) groups excluding carboxylic acids is 1. The van der Waals surface area contributed by atoms with E-state index in [9.17, 15) is 4.79 Å². The van der Waals surface area contributed by atoms with Crippen LogP contribution in [-0.2, 0) is 6.42 Å². The molecule has 1 aliphatic heterocycles. The molecule has 34 heavy (non-hydrogen) atoms. The van der Waals surface area contributed by atoms with E-state index >= 15 is 0 Å². The molecule has 0 radical (unpaired) electrons. The van der Waals surface area contributed by atoms with Crippen molar-refractivity contribution in [1.82, 2.24) is 15.1 Å². The zero-order valence-electron chi connectivity index (χ0n) is 20.8. The van der Waals surface area contributed by atoms with Crippen molar-refractivity contribution in [1.29, 1.82) is 0 Å². The number of unbranched alkanes of at least 4 members (excludes halogenated alkanes) is 1. The third-order valence-electron chi connectivity index (χ3n) is 6.68. The molecule has 2 aromatic carbocycles. The van der Waals surface area contributed by atoms with Crippen LogP contribution in [-0.4, -0.2) is 47.3 Å². The first-order valence-corrected chi connectivity index (χ1v) is 12.3. The largest absolute Gasteiger partial charge is 0.352 e. The molecule has 178 valence electrons. The van der Waals surface area contributed by atoms with Crippen LogP contribution in [0.4, 0.5) is 16.3 Å². The van der Waals surface area contributed by atoms with Crippen molar-refractivity contribution in [3.63, 3.8) is 0 Å². The molecule has 4 rings (SSSR count). The zero-order chi connectivity index (χ0) is 24.1. The molecule has 1 aliphatic rings. The van der Waals surface area contributed by atoms with Gasteiger partial charge in [-0.15, -0.1) is 10.2 Å². The fourth-order valence-electron chi connectivity index (χ4n) is 4.35. The van der Waals surface area contributed by atoms with Crippen molar-refractivity contribution < 1.29 is 4.79 Å². The van der Waals surface area contributed by atoms with Crippen molar-refractivity contribution in [3.05, 3.63) is 70.8 Å². The summed E-state index contributed by atoms with van der Waals surface area (Å²) in [5.41, 5.74) is 7.93. The van der Waals surface area contributed by atoms with Crippen LogP contribution in [0.25, 0.3) is 11.3 Å². The van der Waals surface area contributed by atoms with Crippen LogP contribution in [0.2, 0.25) is 0 Å². The monoisotopic (exact) mass is 457 g/mol. The first kappa shape index (κ1) is 23.7. The molecule has 0 bridgehead atoms. The van der Waals surface area contributed by atoms with Gasteiger partial charge in [-0.2, -0.15) is 0 Å². The molecule has 0 saturated carbocycles. The average Bonchev–Trinajstić information content (AvgIpc) is 2.86. The number of benzene rings is 2. The molecular formula is C28H35N5O. The van der Waals surface area contributed by atoms with Gasteiger partial charge in [0, 0.05) is 37.4 Å². The Morgan fingerprint density at radius 3 is 2.24 bits per heavy atom. The quantitative estimate of drug-likeness (QED) is 0.511. The summed E-state index contributed by atoms with van der Waals surface area (Å²) in [6, 6.07) is 16.6. The molecule has 1 aromatic heterocycles. The lowest BCUT2D eigenvalue weighted by molar-refractivity contribution is 0.208. The van der Waals surface area contributed by atoms with Crippen molar-refractivity contribution in [3.8, 4) is 11.3 Å². The third-order valence-corrected chi connectivity index (χ3v) is 6.68. The van der Waals surface area contributed by atoms with Crippen LogP contribution in [0.3, 0.4) is 0 Å². The first-order valence-electron chi connectivity index (χ1n) is 12.3. The van der Waals surface area contributed by atoms with E-state index in [1.165, 1.54) is 35.1 Å². The predicted molar refractivity (Wildman–Crippen MR) is 140 cm³/mol. The number of hydrogen-bond acceptors (Lipinski definition) is 4. The third kappa shape index (κ3) is 5.56. The molecule has 6 nitrogen and oxygen atoms in total. The van der Waals surface area contributed by atoms with Crippen LogP contribution in [0.15, 0.2) is 48.5 Å². The minimum absolute atomic E-state index is 0.0485. The maximum absolute atomic E-state index is 12.7. The molecule has 0 spiro atoms. The van der Waals surface area contributed by atoms with Crippen molar-refractivity contribution in [2.75, 3.05) is 36.4 Å². The number of aromatic nitrogens is 2. The van der Waals surface area contributed by atoms with Gasteiger partial charge in [-0.3, -0.25) is 0 Å². The molecule has 0 unspecified atom stereocenters. The van der Waals surface area contributed by atoms with E-state index in [1.807, 2.05) is 29.2 Å². The average molecular weight is 458 g/mol. The summed E-state index contributed by atoms with van der Waals surface area (Å²) in [6.45, 7) is 11.3. The Labute approximate surface area is 203 Å². The number of anilines is 2. The number of urea groups is 1. The summed E-state index contributed by atoms with van der Waals surface area (Å²) >= 11 is 0. The van der Waals surface area contributed by atoms with Gasteiger partial charge in [-0.1, -0.05) is 31.5 Å². The fourth-order valence-corrected chi connectivity index (χ4v) is 4.35. The number of carbonyl (C=O) groups is 1. The van der Waals surface area contributed by atoms with E-state index in [1.54, 1.807) is 0 Å². The lowest BCUT2D eigenvalue weighted by atomic mass is 9.99. The minimum atomic E-state index is -0.0485. The Bertz CT molecular complexity index is 1120. The van der Waals surface area contributed by atoms with Crippen LogP contribution >= 0.6 is 0 Å². The van der Waals surface area contributed by atoms with Gasteiger partial charge in [-0.05, 0) is 86.2 Å².